The first-order chi connectivity index (χ1) is 21.7. The Kier molecular flexibility index (Phi) is 5.40. The van der Waals surface area contributed by atoms with E-state index in [-0.39, 0.29) is 6.04 Å². The summed E-state index contributed by atoms with van der Waals surface area (Å²) in [6.45, 7) is 0.637. The van der Waals surface area contributed by atoms with Crippen molar-refractivity contribution in [2.75, 3.05) is 5.01 Å². The number of anilines is 1. The number of nitrogens with zero attached hydrogens (tertiary/aromatic N) is 3. The van der Waals surface area contributed by atoms with Gasteiger partial charge in [0.05, 0.1) is 34.4 Å². The first kappa shape index (κ1) is 24.7. The number of benzene rings is 6. The summed E-state index contributed by atoms with van der Waals surface area (Å²) < 4.78 is 8.67. The summed E-state index contributed by atoms with van der Waals surface area (Å²) in [4.78, 5) is 0. The SMILES string of the molecule is N#Cc1cccc(-c2ccc(C3NN(Cn4c5ccccc5c5cc6oc7ccccc7c6cc54)c4ccccc43)cc2)c1. The molecule has 0 aliphatic carbocycles. The number of hydrogen-bond acceptors (Lipinski definition) is 4. The maximum atomic E-state index is 9.33. The molecule has 0 saturated heterocycles. The fourth-order valence-corrected chi connectivity index (χ4v) is 6.84. The number of aromatic nitrogens is 1. The van der Waals surface area contributed by atoms with Crippen LogP contribution in [-0.4, -0.2) is 4.57 Å². The van der Waals surface area contributed by atoms with Crippen LogP contribution in [0.5, 0.6) is 0 Å². The fourth-order valence-electron chi connectivity index (χ4n) is 6.84. The van der Waals surface area contributed by atoms with Gasteiger partial charge in [-0.2, -0.15) is 5.26 Å². The normalized spacial score (nSPS) is 14.5. The molecular formula is C39H26N4O. The Hall–Kier alpha value is -5.83. The van der Waals surface area contributed by atoms with Crippen molar-refractivity contribution < 1.29 is 4.42 Å². The van der Waals surface area contributed by atoms with Crippen LogP contribution in [-0.2, 0) is 6.67 Å². The molecule has 5 heteroatoms. The number of nitriles is 1. The van der Waals surface area contributed by atoms with Crippen molar-refractivity contribution in [1.82, 2.24) is 9.99 Å². The lowest BCUT2D eigenvalue weighted by atomic mass is 9.96. The Labute approximate surface area is 253 Å². The van der Waals surface area contributed by atoms with E-state index in [9.17, 15) is 5.26 Å². The van der Waals surface area contributed by atoms with E-state index in [0.29, 0.717) is 12.2 Å². The van der Waals surface area contributed by atoms with Crippen molar-refractivity contribution in [3.8, 4) is 17.2 Å². The minimum atomic E-state index is 0.0170. The third-order valence-corrected chi connectivity index (χ3v) is 8.95. The Morgan fingerprint density at radius 1 is 0.636 bits per heavy atom. The number of hydrogen-bond donors (Lipinski definition) is 1. The lowest BCUT2D eigenvalue weighted by molar-refractivity contribution is 0.552. The van der Waals surface area contributed by atoms with Crippen LogP contribution in [0.4, 0.5) is 5.69 Å². The Morgan fingerprint density at radius 2 is 1.43 bits per heavy atom. The monoisotopic (exact) mass is 566 g/mol. The summed E-state index contributed by atoms with van der Waals surface area (Å²) in [5, 5.41) is 16.3. The van der Waals surface area contributed by atoms with Gasteiger partial charge in [-0.15, -0.1) is 0 Å². The van der Waals surface area contributed by atoms with E-state index in [4.69, 9.17) is 4.42 Å². The molecule has 44 heavy (non-hydrogen) atoms. The number of para-hydroxylation sites is 3. The van der Waals surface area contributed by atoms with Crippen LogP contribution in [0.3, 0.4) is 0 Å². The zero-order chi connectivity index (χ0) is 29.2. The molecule has 0 bridgehead atoms. The third kappa shape index (κ3) is 3.75. The minimum Gasteiger partial charge on any atom is -0.456 e. The molecular weight excluding hydrogens is 540 g/mol. The van der Waals surface area contributed by atoms with Gasteiger partial charge in [-0.25, -0.2) is 5.43 Å². The smallest absolute Gasteiger partial charge is 0.136 e. The summed E-state index contributed by atoms with van der Waals surface area (Å²) in [5.41, 5.74) is 14.4. The van der Waals surface area contributed by atoms with Crippen molar-refractivity contribution in [3.63, 3.8) is 0 Å². The molecule has 6 aromatic carbocycles. The van der Waals surface area contributed by atoms with Crippen LogP contribution in [0.25, 0.3) is 54.9 Å². The van der Waals surface area contributed by atoms with Gasteiger partial charge in [0.1, 0.15) is 17.8 Å². The second-order valence-corrected chi connectivity index (χ2v) is 11.4. The maximum absolute atomic E-state index is 9.33. The molecule has 5 nitrogen and oxygen atoms in total. The Balaban J connectivity index is 1.12. The molecule has 208 valence electrons. The zero-order valence-corrected chi connectivity index (χ0v) is 23.7. The minimum absolute atomic E-state index is 0.0170. The van der Waals surface area contributed by atoms with Gasteiger partial charge in [-0.3, -0.25) is 5.01 Å². The second kappa shape index (κ2) is 9.60. The fraction of sp³-hybridized carbons (Fsp3) is 0.0513. The molecule has 1 aliphatic rings. The van der Waals surface area contributed by atoms with Crippen molar-refractivity contribution in [1.29, 1.82) is 5.26 Å². The summed E-state index contributed by atoms with van der Waals surface area (Å²) in [7, 11) is 0. The molecule has 0 amide bonds. The zero-order valence-electron chi connectivity index (χ0n) is 23.7. The molecule has 1 atom stereocenters. The van der Waals surface area contributed by atoms with Gasteiger partial charge in [-0.05, 0) is 59.2 Å². The topological polar surface area (TPSA) is 57.1 Å². The predicted molar refractivity (Wildman–Crippen MR) is 177 cm³/mol. The number of nitrogens with one attached hydrogen (secondary N) is 1. The van der Waals surface area contributed by atoms with Gasteiger partial charge in [0.25, 0.3) is 0 Å². The molecule has 3 heterocycles. The van der Waals surface area contributed by atoms with Crippen molar-refractivity contribution in [2.24, 2.45) is 0 Å². The Morgan fingerprint density at radius 3 is 2.32 bits per heavy atom. The average molecular weight is 567 g/mol. The van der Waals surface area contributed by atoms with Crippen LogP contribution in [0.2, 0.25) is 0 Å². The molecule has 0 saturated carbocycles. The van der Waals surface area contributed by atoms with Crippen LogP contribution in [0.1, 0.15) is 22.7 Å². The molecule has 0 spiro atoms. The lowest BCUT2D eigenvalue weighted by Crippen LogP contribution is -2.36. The number of furan rings is 1. The van der Waals surface area contributed by atoms with Crippen LogP contribution >= 0.6 is 0 Å². The van der Waals surface area contributed by atoms with E-state index in [1.54, 1.807) is 0 Å². The highest BCUT2D eigenvalue weighted by Crippen LogP contribution is 2.40. The predicted octanol–water partition coefficient (Wildman–Crippen LogP) is 9.30. The van der Waals surface area contributed by atoms with Crippen molar-refractivity contribution in [2.45, 2.75) is 12.7 Å². The summed E-state index contributed by atoms with van der Waals surface area (Å²) in [6.07, 6.45) is 0. The van der Waals surface area contributed by atoms with Gasteiger partial charge < -0.3 is 8.98 Å². The molecule has 1 aliphatic heterocycles. The van der Waals surface area contributed by atoms with E-state index >= 15 is 0 Å². The molecule has 1 unspecified atom stereocenters. The van der Waals surface area contributed by atoms with Crippen molar-refractivity contribution >= 4 is 49.4 Å². The molecule has 0 fully saturated rings. The third-order valence-electron chi connectivity index (χ3n) is 8.95. The van der Waals surface area contributed by atoms with E-state index in [0.717, 1.165) is 33.1 Å². The van der Waals surface area contributed by atoms with Gasteiger partial charge in [0, 0.05) is 27.1 Å². The highest BCUT2D eigenvalue weighted by molar-refractivity contribution is 6.16. The van der Waals surface area contributed by atoms with E-state index in [1.807, 2.05) is 36.4 Å². The van der Waals surface area contributed by atoms with Crippen LogP contribution < -0.4 is 10.4 Å². The van der Waals surface area contributed by atoms with Gasteiger partial charge in [0.2, 0.25) is 0 Å². The largest absolute Gasteiger partial charge is 0.456 e. The van der Waals surface area contributed by atoms with Crippen molar-refractivity contribution in [3.05, 3.63) is 150 Å². The number of rotatable bonds is 4. The summed E-state index contributed by atoms with van der Waals surface area (Å²) >= 11 is 0. The number of hydrazine groups is 1. The van der Waals surface area contributed by atoms with E-state index < -0.39 is 0 Å². The molecule has 1 N–H and O–H groups in total. The molecule has 0 radical (unpaired) electrons. The highest BCUT2D eigenvalue weighted by Gasteiger charge is 2.30. The first-order valence-corrected chi connectivity index (χ1v) is 14.8. The van der Waals surface area contributed by atoms with Crippen LogP contribution in [0, 0.1) is 11.3 Å². The molecule has 9 rings (SSSR count). The standard InChI is InChI=1S/C39H26N4O/c40-23-25-8-7-9-28(20-25)26-16-18-27(19-17-26)39-31-12-2-5-14-35(31)43(41-39)24-42-34-13-4-1-10-29(34)32-22-38-33(21-36(32)42)30-11-3-6-15-37(30)44-38/h1-22,39,41H,24H2. The molecule has 2 aromatic heterocycles. The number of fused-ring (bicyclic) bond motifs is 7. The first-order valence-electron chi connectivity index (χ1n) is 14.8. The average Bonchev–Trinajstić information content (AvgIpc) is 3.74. The lowest BCUT2D eigenvalue weighted by Gasteiger charge is -2.23. The quantitative estimate of drug-likeness (QED) is 0.231. The van der Waals surface area contributed by atoms with E-state index in [2.05, 4.69) is 118 Å². The second-order valence-electron chi connectivity index (χ2n) is 11.4. The van der Waals surface area contributed by atoms with Gasteiger partial charge in [-0.1, -0.05) is 91.0 Å². The highest BCUT2D eigenvalue weighted by atomic mass is 16.3. The van der Waals surface area contributed by atoms with Crippen LogP contribution in [0.15, 0.2) is 138 Å². The molecule has 8 aromatic rings. The summed E-state index contributed by atoms with van der Waals surface area (Å²) in [5.74, 6) is 0. The van der Waals surface area contributed by atoms with Gasteiger partial charge in [0.15, 0.2) is 0 Å². The Bertz CT molecular complexity index is 2430. The summed E-state index contributed by atoms with van der Waals surface area (Å²) in [6, 6.07) is 48.7. The van der Waals surface area contributed by atoms with Gasteiger partial charge >= 0.3 is 0 Å². The van der Waals surface area contributed by atoms with E-state index in [1.165, 1.54) is 38.6 Å². The maximum Gasteiger partial charge on any atom is 0.136 e.